The van der Waals surface area contributed by atoms with Gasteiger partial charge < -0.3 is 14.7 Å². The number of ether oxygens (including phenoxy) is 1. The third kappa shape index (κ3) is 3.87. The van der Waals surface area contributed by atoms with Crippen LogP contribution in [0, 0.1) is 11.3 Å². The number of nitriles is 1. The number of nitrogens with zero attached hydrogens (tertiary/aromatic N) is 2. The Labute approximate surface area is 161 Å². The van der Waals surface area contributed by atoms with Gasteiger partial charge in [0, 0.05) is 13.1 Å². The van der Waals surface area contributed by atoms with Crippen molar-refractivity contribution in [2.24, 2.45) is 0 Å². The summed E-state index contributed by atoms with van der Waals surface area (Å²) in [7, 11) is 0. The molecule has 1 aliphatic rings. The fourth-order valence-corrected chi connectivity index (χ4v) is 3.42. The normalized spacial score (nSPS) is 14.0. The van der Waals surface area contributed by atoms with E-state index in [9.17, 15) is 9.90 Å². The van der Waals surface area contributed by atoms with Crippen molar-refractivity contribution in [3.8, 4) is 23.3 Å². The highest BCUT2D eigenvalue weighted by Gasteiger charge is 2.22. The van der Waals surface area contributed by atoms with Crippen LogP contribution in [0.15, 0.2) is 30.3 Å². The number of halogens is 2. The molecule has 1 amide bonds. The molecule has 1 heterocycles. The maximum absolute atomic E-state index is 12.7. The van der Waals surface area contributed by atoms with Crippen LogP contribution in [0.3, 0.4) is 0 Å². The van der Waals surface area contributed by atoms with E-state index in [1.54, 1.807) is 4.90 Å². The lowest BCUT2D eigenvalue weighted by Crippen LogP contribution is -2.35. The van der Waals surface area contributed by atoms with Gasteiger partial charge >= 0.3 is 0 Å². The predicted molar refractivity (Wildman–Crippen MR) is 99.1 cm³/mol. The summed E-state index contributed by atoms with van der Waals surface area (Å²) < 4.78 is 5.72. The molecular formula is C19H16Cl2N2O3. The summed E-state index contributed by atoms with van der Waals surface area (Å²) in [5, 5.41) is 19.4. The molecule has 1 N–H and O–H groups in total. The Morgan fingerprint density at radius 2 is 1.77 bits per heavy atom. The number of phenols is 1. The number of amides is 1. The van der Waals surface area contributed by atoms with Crippen LogP contribution in [0.5, 0.6) is 17.2 Å². The summed E-state index contributed by atoms with van der Waals surface area (Å²) in [5.41, 5.74) is 0.490. The molecule has 0 bridgehead atoms. The van der Waals surface area contributed by atoms with E-state index in [1.807, 2.05) is 6.07 Å². The average Bonchev–Trinajstić information content (AvgIpc) is 2.65. The monoisotopic (exact) mass is 390 g/mol. The molecule has 0 atom stereocenters. The maximum Gasteiger partial charge on any atom is 0.257 e. The number of carbonyl (C=O) groups is 1. The molecule has 134 valence electrons. The molecule has 1 fully saturated rings. The van der Waals surface area contributed by atoms with Crippen molar-refractivity contribution in [2.75, 3.05) is 13.1 Å². The molecule has 7 heteroatoms. The molecule has 0 aliphatic carbocycles. The molecule has 0 spiro atoms. The molecule has 1 aliphatic heterocycles. The van der Waals surface area contributed by atoms with Gasteiger partial charge in [-0.2, -0.15) is 5.26 Å². The van der Waals surface area contributed by atoms with Crippen LogP contribution in [-0.4, -0.2) is 29.0 Å². The maximum atomic E-state index is 12.7. The summed E-state index contributed by atoms with van der Waals surface area (Å²) in [6, 6.07) is 9.25. The van der Waals surface area contributed by atoms with Gasteiger partial charge in [0.25, 0.3) is 5.91 Å². The minimum Gasteiger partial charge on any atom is -0.507 e. The largest absolute Gasteiger partial charge is 0.507 e. The minimum absolute atomic E-state index is 0.107. The fourth-order valence-electron chi connectivity index (χ4n) is 2.86. The molecule has 0 unspecified atom stereocenters. The van der Waals surface area contributed by atoms with Gasteiger partial charge in [-0.15, -0.1) is 0 Å². The Hall–Kier alpha value is -2.42. The quantitative estimate of drug-likeness (QED) is 0.800. The van der Waals surface area contributed by atoms with Gasteiger partial charge in [0.05, 0.1) is 27.2 Å². The number of aromatic hydroxyl groups is 1. The predicted octanol–water partition coefficient (Wildman–Crippen LogP) is 4.99. The van der Waals surface area contributed by atoms with Gasteiger partial charge in [-0.1, -0.05) is 23.2 Å². The molecule has 0 aromatic heterocycles. The second-order valence-corrected chi connectivity index (χ2v) is 6.83. The van der Waals surface area contributed by atoms with E-state index in [0.717, 1.165) is 19.3 Å². The van der Waals surface area contributed by atoms with E-state index in [1.165, 1.54) is 30.3 Å². The highest BCUT2D eigenvalue weighted by molar-refractivity contribution is 6.37. The van der Waals surface area contributed by atoms with E-state index in [-0.39, 0.29) is 33.0 Å². The number of rotatable bonds is 3. The number of carbonyl (C=O) groups excluding carboxylic acids is 1. The lowest BCUT2D eigenvalue weighted by atomic mass is 10.1. The molecular weight excluding hydrogens is 375 g/mol. The molecule has 1 saturated heterocycles. The molecule has 26 heavy (non-hydrogen) atoms. The standard InChI is InChI=1S/C19H16Cl2N2O3/c20-15-8-12(11-22)9-16(21)18(15)26-13-4-5-17(24)14(10-13)19(25)23-6-2-1-3-7-23/h4-5,8-10,24H,1-3,6-7H2. The van der Waals surface area contributed by atoms with Gasteiger partial charge in [0.2, 0.25) is 0 Å². The number of likely N-dealkylation sites (tertiary alicyclic amines) is 1. The summed E-state index contributed by atoms with van der Waals surface area (Å²) in [4.78, 5) is 14.4. The number of hydrogen-bond donors (Lipinski definition) is 1. The molecule has 3 rings (SSSR count). The Balaban J connectivity index is 1.88. The van der Waals surface area contributed by atoms with Crippen LogP contribution in [0.4, 0.5) is 0 Å². The molecule has 2 aromatic carbocycles. The zero-order valence-electron chi connectivity index (χ0n) is 13.8. The molecule has 0 saturated carbocycles. The van der Waals surface area contributed by atoms with Crippen molar-refractivity contribution < 1.29 is 14.6 Å². The van der Waals surface area contributed by atoms with Crippen LogP contribution in [-0.2, 0) is 0 Å². The first kappa shape index (κ1) is 18.4. The van der Waals surface area contributed by atoms with E-state index in [4.69, 9.17) is 33.2 Å². The van der Waals surface area contributed by atoms with Crippen molar-refractivity contribution in [1.82, 2.24) is 4.90 Å². The zero-order valence-corrected chi connectivity index (χ0v) is 15.3. The first-order chi connectivity index (χ1) is 12.5. The lowest BCUT2D eigenvalue weighted by Gasteiger charge is -2.27. The van der Waals surface area contributed by atoms with Gasteiger partial charge in [0.1, 0.15) is 11.5 Å². The Morgan fingerprint density at radius 3 is 2.38 bits per heavy atom. The Kier molecular flexibility index (Phi) is 5.55. The smallest absolute Gasteiger partial charge is 0.257 e. The summed E-state index contributed by atoms with van der Waals surface area (Å²) in [6.45, 7) is 1.35. The summed E-state index contributed by atoms with van der Waals surface area (Å²) in [5.74, 6) is 0.167. The third-order valence-electron chi connectivity index (χ3n) is 4.19. The van der Waals surface area contributed by atoms with Crippen molar-refractivity contribution in [3.05, 3.63) is 51.5 Å². The number of benzene rings is 2. The SMILES string of the molecule is N#Cc1cc(Cl)c(Oc2ccc(O)c(C(=O)N3CCCCC3)c2)c(Cl)c1. The molecule has 5 nitrogen and oxygen atoms in total. The van der Waals surface area contributed by atoms with Crippen molar-refractivity contribution in [3.63, 3.8) is 0 Å². The number of phenolic OH excluding ortho intramolecular Hbond substituents is 1. The van der Waals surface area contributed by atoms with Crippen LogP contribution >= 0.6 is 23.2 Å². The fraction of sp³-hybridized carbons (Fsp3) is 0.263. The van der Waals surface area contributed by atoms with Crippen LogP contribution < -0.4 is 4.74 Å². The highest BCUT2D eigenvalue weighted by Crippen LogP contribution is 2.38. The third-order valence-corrected chi connectivity index (χ3v) is 4.75. The molecule has 2 aromatic rings. The Bertz CT molecular complexity index is 864. The topological polar surface area (TPSA) is 73.6 Å². The van der Waals surface area contributed by atoms with Gasteiger partial charge in [-0.25, -0.2) is 0 Å². The second-order valence-electron chi connectivity index (χ2n) is 6.01. The first-order valence-corrected chi connectivity index (χ1v) is 8.94. The summed E-state index contributed by atoms with van der Waals surface area (Å²) in [6.07, 6.45) is 3.02. The van der Waals surface area contributed by atoms with Gasteiger partial charge in [0.15, 0.2) is 5.75 Å². The zero-order chi connectivity index (χ0) is 18.7. The Morgan fingerprint density at radius 1 is 1.12 bits per heavy atom. The second kappa shape index (κ2) is 7.86. The number of piperidine rings is 1. The minimum atomic E-state index is -0.232. The van der Waals surface area contributed by atoms with Gasteiger partial charge in [-0.3, -0.25) is 4.79 Å². The summed E-state index contributed by atoms with van der Waals surface area (Å²) >= 11 is 12.3. The van der Waals surface area contributed by atoms with Crippen molar-refractivity contribution in [2.45, 2.75) is 19.3 Å². The van der Waals surface area contributed by atoms with Crippen LogP contribution in [0.1, 0.15) is 35.2 Å². The number of hydrogen-bond acceptors (Lipinski definition) is 4. The van der Waals surface area contributed by atoms with Crippen LogP contribution in [0.25, 0.3) is 0 Å². The van der Waals surface area contributed by atoms with Crippen molar-refractivity contribution in [1.29, 1.82) is 5.26 Å². The van der Waals surface area contributed by atoms with E-state index >= 15 is 0 Å². The first-order valence-electron chi connectivity index (χ1n) is 8.19. The van der Waals surface area contributed by atoms with Gasteiger partial charge in [-0.05, 0) is 49.6 Å². The highest BCUT2D eigenvalue weighted by atomic mass is 35.5. The lowest BCUT2D eigenvalue weighted by molar-refractivity contribution is 0.0721. The molecule has 0 radical (unpaired) electrons. The van der Waals surface area contributed by atoms with E-state index < -0.39 is 0 Å². The van der Waals surface area contributed by atoms with Crippen molar-refractivity contribution >= 4 is 29.1 Å². The van der Waals surface area contributed by atoms with E-state index in [0.29, 0.717) is 24.4 Å². The van der Waals surface area contributed by atoms with E-state index in [2.05, 4.69) is 0 Å². The average molecular weight is 391 g/mol. The van der Waals surface area contributed by atoms with Crippen LogP contribution in [0.2, 0.25) is 10.0 Å².